The maximum absolute atomic E-state index is 13.5. The molecule has 176 valence electrons. The SMILES string of the molecule is CC(C)N(C(=O)CS/C(Nc1ccc(F)cc1)=C(\C#N)c1nc2ccccc2s1)c1ccccc1. The maximum Gasteiger partial charge on any atom is 0.237 e. The molecule has 4 aromatic rings. The number of thiazole rings is 1. The number of allylic oxidation sites excluding steroid dienone is 1. The van der Waals surface area contributed by atoms with Gasteiger partial charge in [0.25, 0.3) is 0 Å². The van der Waals surface area contributed by atoms with Crippen molar-refractivity contribution in [2.24, 2.45) is 0 Å². The van der Waals surface area contributed by atoms with Crippen molar-refractivity contribution < 1.29 is 9.18 Å². The van der Waals surface area contributed by atoms with Gasteiger partial charge in [-0.05, 0) is 62.4 Å². The highest BCUT2D eigenvalue weighted by atomic mass is 32.2. The predicted molar refractivity (Wildman–Crippen MR) is 144 cm³/mol. The number of nitrogens with zero attached hydrogens (tertiary/aromatic N) is 3. The molecule has 3 aromatic carbocycles. The molecule has 1 aromatic heterocycles. The molecule has 1 N–H and O–H groups in total. The second-order valence-corrected chi connectivity index (χ2v) is 9.93. The van der Waals surface area contributed by atoms with E-state index < -0.39 is 0 Å². The van der Waals surface area contributed by atoms with E-state index >= 15 is 0 Å². The molecule has 0 unspecified atom stereocenters. The number of nitrogens with one attached hydrogen (secondary N) is 1. The minimum absolute atomic E-state index is 0.0392. The first kappa shape index (κ1) is 24.5. The van der Waals surface area contributed by atoms with Crippen LogP contribution in [0.2, 0.25) is 0 Å². The fraction of sp³-hybridized carbons (Fsp3) is 0.148. The van der Waals surface area contributed by atoms with Gasteiger partial charge in [-0.2, -0.15) is 5.26 Å². The molecule has 8 heteroatoms. The summed E-state index contributed by atoms with van der Waals surface area (Å²) in [7, 11) is 0. The number of halogens is 1. The first-order valence-electron chi connectivity index (χ1n) is 11.0. The van der Waals surface area contributed by atoms with E-state index in [0.717, 1.165) is 15.9 Å². The van der Waals surface area contributed by atoms with E-state index in [4.69, 9.17) is 0 Å². The number of hydrogen-bond donors (Lipinski definition) is 1. The lowest BCUT2D eigenvalue weighted by Crippen LogP contribution is -2.38. The highest BCUT2D eigenvalue weighted by molar-refractivity contribution is 8.04. The zero-order valence-electron chi connectivity index (χ0n) is 19.2. The molecule has 1 heterocycles. The van der Waals surface area contributed by atoms with Gasteiger partial charge in [-0.15, -0.1) is 11.3 Å². The average Bonchev–Trinajstić information content (AvgIpc) is 3.28. The number of para-hydroxylation sites is 2. The van der Waals surface area contributed by atoms with Gasteiger partial charge in [0.1, 0.15) is 22.5 Å². The van der Waals surface area contributed by atoms with Gasteiger partial charge in [-0.1, -0.05) is 42.1 Å². The van der Waals surface area contributed by atoms with Crippen LogP contribution in [0, 0.1) is 17.1 Å². The van der Waals surface area contributed by atoms with Crippen LogP contribution < -0.4 is 10.2 Å². The Morgan fingerprint density at radius 1 is 1.09 bits per heavy atom. The lowest BCUT2D eigenvalue weighted by atomic mass is 10.2. The van der Waals surface area contributed by atoms with E-state index in [1.165, 1.54) is 35.2 Å². The first-order valence-corrected chi connectivity index (χ1v) is 12.8. The van der Waals surface area contributed by atoms with Crippen molar-refractivity contribution >= 4 is 56.2 Å². The number of aromatic nitrogens is 1. The smallest absolute Gasteiger partial charge is 0.237 e. The Bertz CT molecular complexity index is 1360. The third kappa shape index (κ3) is 5.88. The number of rotatable bonds is 8. The van der Waals surface area contributed by atoms with Crippen molar-refractivity contribution in [3.63, 3.8) is 0 Å². The van der Waals surface area contributed by atoms with Crippen molar-refractivity contribution in [2.75, 3.05) is 16.0 Å². The number of carbonyl (C=O) groups is 1. The summed E-state index contributed by atoms with van der Waals surface area (Å²) in [4.78, 5) is 19.7. The van der Waals surface area contributed by atoms with Gasteiger partial charge in [0.15, 0.2) is 0 Å². The van der Waals surface area contributed by atoms with E-state index in [-0.39, 0.29) is 23.5 Å². The summed E-state index contributed by atoms with van der Waals surface area (Å²) in [5.74, 6) is -0.339. The standard InChI is InChI=1S/C27H23FN4OS2/c1-18(2)32(21-8-4-3-5-9-21)25(33)17-34-26(30-20-14-12-19(28)13-15-20)22(16-29)27-31-23-10-6-7-11-24(23)35-27/h3-15,18,30H,17H2,1-2H3/b26-22+. The zero-order valence-corrected chi connectivity index (χ0v) is 20.9. The predicted octanol–water partition coefficient (Wildman–Crippen LogP) is 6.91. The number of fused-ring (bicyclic) bond motifs is 1. The van der Waals surface area contributed by atoms with Gasteiger partial charge in [0.05, 0.1) is 21.0 Å². The van der Waals surface area contributed by atoms with Crippen LogP contribution in [0.15, 0.2) is 83.9 Å². The Kier molecular flexibility index (Phi) is 7.80. The molecule has 0 spiro atoms. The minimum Gasteiger partial charge on any atom is -0.349 e. The monoisotopic (exact) mass is 502 g/mol. The van der Waals surface area contributed by atoms with Crippen molar-refractivity contribution in [3.8, 4) is 6.07 Å². The Balaban J connectivity index is 1.67. The Hall–Kier alpha value is -3.67. The molecular formula is C27H23FN4OS2. The van der Waals surface area contributed by atoms with Gasteiger partial charge in [0.2, 0.25) is 5.91 Å². The van der Waals surface area contributed by atoms with Crippen molar-refractivity contribution in [3.05, 3.63) is 94.7 Å². The quantitative estimate of drug-likeness (QED) is 0.265. The lowest BCUT2D eigenvalue weighted by molar-refractivity contribution is -0.116. The Morgan fingerprint density at radius 3 is 2.43 bits per heavy atom. The normalized spacial score (nSPS) is 11.7. The van der Waals surface area contributed by atoms with Gasteiger partial charge in [0, 0.05) is 17.4 Å². The molecule has 0 saturated carbocycles. The van der Waals surface area contributed by atoms with Crippen molar-refractivity contribution in [1.29, 1.82) is 5.26 Å². The van der Waals surface area contributed by atoms with Gasteiger partial charge < -0.3 is 10.2 Å². The van der Waals surface area contributed by atoms with Gasteiger partial charge >= 0.3 is 0 Å². The highest BCUT2D eigenvalue weighted by Crippen LogP contribution is 2.33. The fourth-order valence-corrected chi connectivity index (χ4v) is 5.45. The molecule has 1 amide bonds. The van der Waals surface area contributed by atoms with Gasteiger partial charge in [-0.25, -0.2) is 9.37 Å². The maximum atomic E-state index is 13.5. The van der Waals surface area contributed by atoms with Crippen LogP contribution in [-0.2, 0) is 4.79 Å². The van der Waals surface area contributed by atoms with Crippen LogP contribution in [-0.4, -0.2) is 22.7 Å². The van der Waals surface area contributed by atoms with Crippen LogP contribution >= 0.6 is 23.1 Å². The first-order chi connectivity index (χ1) is 17.0. The Morgan fingerprint density at radius 2 is 1.77 bits per heavy atom. The Labute approximate surface area is 211 Å². The molecule has 5 nitrogen and oxygen atoms in total. The molecule has 0 aliphatic rings. The summed E-state index contributed by atoms with van der Waals surface area (Å²) in [5.41, 5.74) is 2.57. The summed E-state index contributed by atoms with van der Waals surface area (Å²) < 4.78 is 14.4. The van der Waals surface area contributed by atoms with Crippen LogP contribution in [0.25, 0.3) is 15.8 Å². The molecule has 4 rings (SSSR count). The molecule has 0 saturated heterocycles. The topological polar surface area (TPSA) is 69.0 Å². The molecule has 0 fully saturated rings. The molecule has 0 bridgehead atoms. The number of anilines is 2. The summed E-state index contributed by atoms with van der Waals surface area (Å²) in [6.45, 7) is 3.93. The summed E-state index contributed by atoms with van der Waals surface area (Å²) in [6, 6.07) is 25.3. The zero-order chi connectivity index (χ0) is 24.8. The number of nitriles is 1. The number of benzene rings is 3. The minimum atomic E-state index is -0.356. The van der Waals surface area contributed by atoms with E-state index in [9.17, 15) is 14.4 Å². The fourth-order valence-electron chi connectivity index (χ4n) is 3.53. The van der Waals surface area contributed by atoms with E-state index in [1.807, 2.05) is 68.4 Å². The molecule has 0 radical (unpaired) electrons. The van der Waals surface area contributed by atoms with Crippen LogP contribution in [0.4, 0.5) is 15.8 Å². The second-order valence-electron chi connectivity index (χ2n) is 7.92. The van der Waals surface area contributed by atoms with Crippen molar-refractivity contribution in [1.82, 2.24) is 4.98 Å². The number of hydrogen-bond acceptors (Lipinski definition) is 6. The molecule has 35 heavy (non-hydrogen) atoms. The highest BCUT2D eigenvalue weighted by Gasteiger charge is 2.22. The third-order valence-electron chi connectivity index (χ3n) is 5.11. The average molecular weight is 503 g/mol. The number of amides is 1. The largest absolute Gasteiger partial charge is 0.349 e. The molecule has 0 atom stereocenters. The third-order valence-corrected chi connectivity index (χ3v) is 7.15. The van der Waals surface area contributed by atoms with Crippen molar-refractivity contribution in [2.45, 2.75) is 19.9 Å². The van der Waals surface area contributed by atoms with Crippen LogP contribution in [0.3, 0.4) is 0 Å². The lowest BCUT2D eigenvalue weighted by Gasteiger charge is -2.27. The van der Waals surface area contributed by atoms with Gasteiger partial charge in [-0.3, -0.25) is 4.79 Å². The molecule has 0 aliphatic heterocycles. The summed E-state index contributed by atoms with van der Waals surface area (Å²) >= 11 is 2.65. The molecule has 0 aliphatic carbocycles. The number of thioether (sulfide) groups is 1. The summed E-state index contributed by atoms with van der Waals surface area (Å²) in [6.07, 6.45) is 0. The van der Waals surface area contributed by atoms with E-state index in [0.29, 0.717) is 21.3 Å². The van der Waals surface area contributed by atoms with Crippen LogP contribution in [0.5, 0.6) is 0 Å². The molecular weight excluding hydrogens is 479 g/mol. The number of carbonyl (C=O) groups excluding carboxylic acids is 1. The van der Waals surface area contributed by atoms with E-state index in [2.05, 4.69) is 16.4 Å². The second kappa shape index (κ2) is 11.2. The summed E-state index contributed by atoms with van der Waals surface area (Å²) in [5, 5.41) is 14.3. The van der Waals surface area contributed by atoms with Crippen LogP contribution in [0.1, 0.15) is 18.9 Å². The van der Waals surface area contributed by atoms with E-state index in [1.54, 1.807) is 17.0 Å².